The molecule has 1 atom stereocenters. The molecule has 3 rings (SSSR count). The average molecular weight is 388 g/mol. The molecule has 0 aromatic heterocycles. The van der Waals surface area contributed by atoms with Crippen molar-refractivity contribution in [1.82, 2.24) is 0 Å². The maximum absolute atomic E-state index is 5.84. The molecule has 0 spiro atoms. The van der Waals surface area contributed by atoms with Crippen molar-refractivity contribution in [3.8, 4) is 5.75 Å². The van der Waals surface area contributed by atoms with Crippen LogP contribution in [0, 0.1) is 5.92 Å². The van der Waals surface area contributed by atoms with Crippen LogP contribution in [-0.4, -0.2) is 6.61 Å². The summed E-state index contributed by atoms with van der Waals surface area (Å²) in [6, 6.07) is 4.43. The molecule has 0 amide bonds. The van der Waals surface area contributed by atoms with Gasteiger partial charge in [0.05, 0.1) is 6.61 Å². The molecular formula is C16H20Br2O. The van der Waals surface area contributed by atoms with E-state index in [9.17, 15) is 0 Å². The topological polar surface area (TPSA) is 9.23 Å². The molecular weight excluding hydrogens is 368 g/mol. The van der Waals surface area contributed by atoms with Crippen molar-refractivity contribution >= 4 is 31.9 Å². The number of fused-ring (bicyclic) bond motifs is 1. The van der Waals surface area contributed by atoms with Gasteiger partial charge in [-0.1, -0.05) is 64.0 Å². The third kappa shape index (κ3) is 3.18. The second-order valence-corrected chi connectivity index (χ2v) is 7.81. The molecule has 2 aliphatic rings. The Morgan fingerprint density at radius 2 is 2.00 bits per heavy atom. The van der Waals surface area contributed by atoms with Gasteiger partial charge in [-0.2, -0.15) is 0 Å². The standard InChI is InChI=1S/C16H20Br2O/c17-13-9-12-6-7-19-16(12)14(10-13)15(18)8-11-4-2-1-3-5-11/h9-11,15H,1-8H2. The fraction of sp³-hybridized carbons (Fsp3) is 0.625. The molecule has 1 aromatic carbocycles. The van der Waals surface area contributed by atoms with Crippen LogP contribution in [0.4, 0.5) is 0 Å². The molecule has 1 fully saturated rings. The number of halogens is 2. The third-order valence-corrected chi connectivity index (χ3v) is 5.70. The van der Waals surface area contributed by atoms with E-state index in [1.807, 2.05) is 0 Å². The number of hydrogen-bond donors (Lipinski definition) is 0. The predicted molar refractivity (Wildman–Crippen MR) is 86.2 cm³/mol. The van der Waals surface area contributed by atoms with Gasteiger partial charge in [0, 0.05) is 21.3 Å². The number of hydrogen-bond acceptors (Lipinski definition) is 1. The molecule has 19 heavy (non-hydrogen) atoms. The summed E-state index contributed by atoms with van der Waals surface area (Å²) in [6.45, 7) is 0.835. The minimum Gasteiger partial charge on any atom is -0.493 e. The lowest BCUT2D eigenvalue weighted by Crippen LogP contribution is -2.09. The van der Waals surface area contributed by atoms with Crippen LogP contribution in [0.3, 0.4) is 0 Å². The lowest BCUT2D eigenvalue weighted by atomic mass is 9.85. The second kappa shape index (κ2) is 6.17. The molecule has 1 heterocycles. The summed E-state index contributed by atoms with van der Waals surface area (Å²) in [7, 11) is 0. The lowest BCUT2D eigenvalue weighted by Gasteiger charge is -2.24. The van der Waals surface area contributed by atoms with Gasteiger partial charge in [0.25, 0.3) is 0 Å². The van der Waals surface area contributed by atoms with Crippen molar-refractivity contribution in [3.63, 3.8) is 0 Å². The van der Waals surface area contributed by atoms with Gasteiger partial charge in [-0.3, -0.25) is 0 Å². The monoisotopic (exact) mass is 386 g/mol. The first-order chi connectivity index (χ1) is 9.24. The van der Waals surface area contributed by atoms with Gasteiger partial charge in [-0.05, 0) is 30.0 Å². The van der Waals surface area contributed by atoms with Crippen molar-refractivity contribution in [3.05, 3.63) is 27.7 Å². The van der Waals surface area contributed by atoms with E-state index in [2.05, 4.69) is 44.0 Å². The first-order valence-corrected chi connectivity index (χ1v) is 9.04. The Hall–Kier alpha value is -0.0200. The largest absolute Gasteiger partial charge is 0.493 e. The molecule has 1 saturated carbocycles. The van der Waals surface area contributed by atoms with Crippen LogP contribution >= 0.6 is 31.9 Å². The summed E-state index contributed by atoms with van der Waals surface area (Å²) < 4.78 is 7.02. The molecule has 104 valence electrons. The molecule has 1 aromatic rings. The Morgan fingerprint density at radius 3 is 2.79 bits per heavy atom. The van der Waals surface area contributed by atoms with E-state index >= 15 is 0 Å². The predicted octanol–water partition coefficient (Wildman–Crippen LogP) is 5.79. The summed E-state index contributed by atoms with van der Waals surface area (Å²) >= 11 is 7.54. The summed E-state index contributed by atoms with van der Waals surface area (Å²) in [4.78, 5) is 0.431. The SMILES string of the molecule is Brc1cc2c(c(C(Br)CC3CCCCC3)c1)OCC2. The second-order valence-electron chi connectivity index (χ2n) is 5.79. The summed E-state index contributed by atoms with van der Waals surface area (Å²) in [6.07, 6.45) is 9.35. The molecule has 0 N–H and O–H groups in total. The van der Waals surface area contributed by atoms with E-state index in [1.54, 1.807) is 0 Å². The molecule has 1 aliphatic carbocycles. The van der Waals surface area contributed by atoms with Crippen molar-refractivity contribution in [2.24, 2.45) is 5.92 Å². The Balaban J connectivity index is 1.77. The average Bonchev–Trinajstić information content (AvgIpc) is 2.86. The van der Waals surface area contributed by atoms with E-state index < -0.39 is 0 Å². The zero-order valence-electron chi connectivity index (χ0n) is 11.1. The highest BCUT2D eigenvalue weighted by Crippen LogP contribution is 2.43. The number of ether oxygens (including phenoxy) is 1. The Bertz CT molecular complexity index is 452. The van der Waals surface area contributed by atoms with Crippen LogP contribution in [0.25, 0.3) is 0 Å². The third-order valence-electron chi connectivity index (χ3n) is 4.38. The molecule has 3 heteroatoms. The van der Waals surface area contributed by atoms with E-state index in [-0.39, 0.29) is 0 Å². The number of rotatable bonds is 3. The summed E-state index contributed by atoms with van der Waals surface area (Å²) in [5, 5.41) is 0. The fourth-order valence-corrected chi connectivity index (χ4v) is 4.76. The van der Waals surface area contributed by atoms with E-state index in [1.165, 1.54) is 54.1 Å². The zero-order chi connectivity index (χ0) is 13.2. The summed E-state index contributed by atoms with van der Waals surface area (Å²) in [5.74, 6) is 2.02. The quantitative estimate of drug-likeness (QED) is 0.596. The van der Waals surface area contributed by atoms with Gasteiger partial charge in [0.1, 0.15) is 5.75 Å². The minimum atomic E-state index is 0.431. The van der Waals surface area contributed by atoms with Crippen LogP contribution in [0.1, 0.15) is 54.5 Å². The Morgan fingerprint density at radius 1 is 1.21 bits per heavy atom. The highest BCUT2D eigenvalue weighted by Gasteiger charge is 2.24. The van der Waals surface area contributed by atoms with Crippen LogP contribution in [0.15, 0.2) is 16.6 Å². The molecule has 0 radical (unpaired) electrons. The molecule has 1 unspecified atom stereocenters. The molecule has 0 saturated heterocycles. The van der Waals surface area contributed by atoms with Crippen molar-refractivity contribution in [1.29, 1.82) is 0 Å². The zero-order valence-corrected chi connectivity index (χ0v) is 14.3. The van der Waals surface area contributed by atoms with Gasteiger partial charge in [-0.25, -0.2) is 0 Å². The van der Waals surface area contributed by atoms with E-state index in [4.69, 9.17) is 4.74 Å². The smallest absolute Gasteiger partial charge is 0.127 e. The maximum Gasteiger partial charge on any atom is 0.127 e. The van der Waals surface area contributed by atoms with Crippen molar-refractivity contribution in [2.45, 2.75) is 49.8 Å². The van der Waals surface area contributed by atoms with Gasteiger partial charge >= 0.3 is 0 Å². The van der Waals surface area contributed by atoms with Crippen LogP contribution in [0.5, 0.6) is 5.75 Å². The Labute approximate surface area is 132 Å². The molecule has 0 bridgehead atoms. The molecule has 1 nitrogen and oxygen atoms in total. The fourth-order valence-electron chi connectivity index (χ4n) is 3.37. The summed E-state index contributed by atoms with van der Waals surface area (Å²) in [5.41, 5.74) is 2.70. The van der Waals surface area contributed by atoms with Gasteiger partial charge < -0.3 is 4.74 Å². The van der Waals surface area contributed by atoms with Gasteiger partial charge in [-0.15, -0.1) is 0 Å². The lowest BCUT2D eigenvalue weighted by molar-refractivity contribution is 0.331. The van der Waals surface area contributed by atoms with Crippen LogP contribution in [-0.2, 0) is 6.42 Å². The van der Waals surface area contributed by atoms with Crippen LogP contribution < -0.4 is 4.74 Å². The number of alkyl halides is 1. The van der Waals surface area contributed by atoms with Gasteiger partial charge in [0.2, 0.25) is 0 Å². The first kappa shape index (κ1) is 13.9. The maximum atomic E-state index is 5.84. The highest BCUT2D eigenvalue weighted by atomic mass is 79.9. The van der Waals surface area contributed by atoms with Crippen molar-refractivity contribution < 1.29 is 4.74 Å². The van der Waals surface area contributed by atoms with Crippen molar-refractivity contribution in [2.75, 3.05) is 6.61 Å². The molecule has 1 aliphatic heterocycles. The van der Waals surface area contributed by atoms with E-state index in [0.29, 0.717) is 4.83 Å². The van der Waals surface area contributed by atoms with Crippen LogP contribution in [0.2, 0.25) is 0 Å². The highest BCUT2D eigenvalue weighted by molar-refractivity contribution is 9.10. The van der Waals surface area contributed by atoms with E-state index in [0.717, 1.165) is 24.7 Å². The first-order valence-electron chi connectivity index (χ1n) is 7.33. The number of benzene rings is 1. The minimum absolute atomic E-state index is 0.431. The Kier molecular flexibility index (Phi) is 4.53. The van der Waals surface area contributed by atoms with Gasteiger partial charge in [0.15, 0.2) is 0 Å². The normalized spacial score (nSPS) is 20.9.